The SMILES string of the molecule is CCC(C)NC(=O)C(Cc1ccccc1)N(Cc1ccc(C)cc1)C(=O)CN(c1cccc(OC)c1)S(C)(=O)=O. The molecule has 2 atom stereocenters. The van der Waals surface area contributed by atoms with E-state index in [2.05, 4.69) is 5.32 Å². The molecule has 9 heteroatoms. The molecular weight excluding hydrogens is 526 g/mol. The van der Waals surface area contributed by atoms with Gasteiger partial charge in [0, 0.05) is 25.1 Å². The minimum Gasteiger partial charge on any atom is -0.497 e. The first-order valence-electron chi connectivity index (χ1n) is 13.3. The zero-order chi connectivity index (χ0) is 29.3. The third kappa shape index (κ3) is 8.58. The van der Waals surface area contributed by atoms with Crippen LogP contribution in [-0.2, 0) is 32.6 Å². The molecule has 0 heterocycles. The molecular formula is C31H39N3O5S. The third-order valence-electron chi connectivity index (χ3n) is 6.77. The lowest BCUT2D eigenvalue weighted by Gasteiger charge is -2.34. The highest BCUT2D eigenvalue weighted by atomic mass is 32.2. The summed E-state index contributed by atoms with van der Waals surface area (Å²) in [7, 11) is -2.36. The predicted octanol–water partition coefficient (Wildman–Crippen LogP) is 4.32. The zero-order valence-electron chi connectivity index (χ0n) is 23.8. The minimum absolute atomic E-state index is 0.0913. The molecule has 2 amide bonds. The van der Waals surface area contributed by atoms with E-state index in [0.717, 1.165) is 33.7 Å². The van der Waals surface area contributed by atoms with Crippen molar-refractivity contribution in [3.8, 4) is 5.75 Å². The maximum Gasteiger partial charge on any atom is 0.244 e. The molecule has 1 N–H and O–H groups in total. The second kappa shape index (κ2) is 14.0. The van der Waals surface area contributed by atoms with Crippen LogP contribution < -0.4 is 14.4 Å². The summed E-state index contributed by atoms with van der Waals surface area (Å²) in [6, 6.07) is 22.8. The number of amides is 2. The first-order valence-corrected chi connectivity index (χ1v) is 15.2. The average Bonchev–Trinajstić information content (AvgIpc) is 2.94. The van der Waals surface area contributed by atoms with Crippen molar-refractivity contribution in [2.45, 2.75) is 52.2 Å². The summed E-state index contributed by atoms with van der Waals surface area (Å²) in [6.45, 7) is 5.53. The second-order valence-electron chi connectivity index (χ2n) is 10.0. The Morgan fingerprint density at radius 2 is 1.62 bits per heavy atom. The van der Waals surface area contributed by atoms with Gasteiger partial charge >= 0.3 is 0 Å². The van der Waals surface area contributed by atoms with Gasteiger partial charge in [0.1, 0.15) is 18.3 Å². The lowest BCUT2D eigenvalue weighted by molar-refractivity contribution is -0.140. The van der Waals surface area contributed by atoms with Gasteiger partial charge in [0.15, 0.2) is 0 Å². The van der Waals surface area contributed by atoms with Crippen LogP contribution in [-0.4, -0.2) is 57.1 Å². The normalized spacial score (nSPS) is 12.7. The molecule has 0 fully saturated rings. The maximum absolute atomic E-state index is 14.1. The van der Waals surface area contributed by atoms with E-state index in [1.807, 2.05) is 75.4 Å². The number of nitrogens with zero attached hydrogens (tertiary/aromatic N) is 2. The number of nitrogens with one attached hydrogen (secondary N) is 1. The summed E-state index contributed by atoms with van der Waals surface area (Å²) in [5.41, 5.74) is 3.09. The first-order chi connectivity index (χ1) is 19.0. The molecule has 0 aliphatic carbocycles. The number of anilines is 1. The van der Waals surface area contributed by atoms with Gasteiger partial charge in [0.2, 0.25) is 21.8 Å². The Bertz CT molecular complexity index is 1380. The Hall–Kier alpha value is -3.85. The number of benzene rings is 3. The number of carbonyl (C=O) groups excluding carboxylic acids is 2. The Morgan fingerprint density at radius 3 is 2.23 bits per heavy atom. The monoisotopic (exact) mass is 565 g/mol. The van der Waals surface area contributed by atoms with Gasteiger partial charge in [-0.15, -0.1) is 0 Å². The molecule has 3 aromatic rings. The van der Waals surface area contributed by atoms with Crippen molar-refractivity contribution in [2.24, 2.45) is 0 Å². The molecule has 3 rings (SSSR count). The summed E-state index contributed by atoms with van der Waals surface area (Å²) >= 11 is 0. The number of sulfonamides is 1. The zero-order valence-corrected chi connectivity index (χ0v) is 24.6. The molecule has 0 aliphatic rings. The summed E-state index contributed by atoms with van der Waals surface area (Å²) in [5, 5.41) is 3.03. The first kappa shape index (κ1) is 30.7. The fraction of sp³-hybridized carbons (Fsp3) is 0.355. The molecule has 0 aromatic heterocycles. The molecule has 0 bridgehead atoms. The quantitative estimate of drug-likeness (QED) is 0.333. The van der Waals surface area contributed by atoms with Crippen molar-refractivity contribution in [3.63, 3.8) is 0 Å². The van der Waals surface area contributed by atoms with Crippen LogP contribution in [0.15, 0.2) is 78.9 Å². The average molecular weight is 566 g/mol. The number of ether oxygens (including phenoxy) is 1. The summed E-state index contributed by atoms with van der Waals surface area (Å²) < 4.78 is 32.1. The van der Waals surface area contributed by atoms with Crippen LogP contribution in [0.1, 0.15) is 37.0 Å². The summed E-state index contributed by atoms with van der Waals surface area (Å²) in [4.78, 5) is 29.3. The Morgan fingerprint density at radius 1 is 0.950 bits per heavy atom. The molecule has 0 radical (unpaired) electrons. The Labute approximate surface area is 238 Å². The van der Waals surface area contributed by atoms with Gasteiger partial charge in [-0.05, 0) is 43.5 Å². The van der Waals surface area contributed by atoms with E-state index in [4.69, 9.17) is 4.74 Å². The number of carbonyl (C=O) groups is 2. The lowest BCUT2D eigenvalue weighted by Crippen LogP contribution is -2.54. The van der Waals surface area contributed by atoms with Gasteiger partial charge in [-0.3, -0.25) is 13.9 Å². The Kier molecular flexibility index (Phi) is 10.7. The van der Waals surface area contributed by atoms with Gasteiger partial charge in [0.05, 0.1) is 19.1 Å². The second-order valence-corrected chi connectivity index (χ2v) is 11.9. The van der Waals surface area contributed by atoms with Crippen molar-refractivity contribution < 1.29 is 22.7 Å². The number of rotatable bonds is 13. The number of aryl methyl sites for hydroxylation is 1. The van der Waals surface area contributed by atoms with E-state index in [-0.39, 0.29) is 24.9 Å². The molecule has 8 nitrogen and oxygen atoms in total. The van der Waals surface area contributed by atoms with Gasteiger partial charge in [-0.2, -0.15) is 0 Å². The summed E-state index contributed by atoms with van der Waals surface area (Å²) in [6.07, 6.45) is 2.06. The van der Waals surface area contributed by atoms with Gasteiger partial charge in [-0.1, -0.05) is 73.2 Å². The largest absolute Gasteiger partial charge is 0.497 e. The van der Waals surface area contributed by atoms with E-state index in [9.17, 15) is 18.0 Å². The van der Waals surface area contributed by atoms with E-state index in [1.165, 1.54) is 12.0 Å². The number of hydrogen-bond acceptors (Lipinski definition) is 5. The predicted molar refractivity (Wildman–Crippen MR) is 159 cm³/mol. The smallest absolute Gasteiger partial charge is 0.244 e. The van der Waals surface area contributed by atoms with Crippen molar-refractivity contribution in [3.05, 3.63) is 95.6 Å². The highest BCUT2D eigenvalue weighted by Crippen LogP contribution is 2.24. The molecule has 2 unspecified atom stereocenters. The van der Waals surface area contributed by atoms with Crippen LogP contribution >= 0.6 is 0 Å². The van der Waals surface area contributed by atoms with E-state index < -0.39 is 28.5 Å². The van der Waals surface area contributed by atoms with Gasteiger partial charge in [0.25, 0.3) is 0 Å². The molecule has 40 heavy (non-hydrogen) atoms. The Balaban J connectivity index is 2.06. The molecule has 0 aliphatic heterocycles. The van der Waals surface area contributed by atoms with Crippen LogP contribution in [0.25, 0.3) is 0 Å². The van der Waals surface area contributed by atoms with Crippen LogP contribution in [0.5, 0.6) is 5.75 Å². The van der Waals surface area contributed by atoms with Crippen LogP contribution in [0.4, 0.5) is 5.69 Å². The van der Waals surface area contributed by atoms with Crippen LogP contribution in [0, 0.1) is 6.92 Å². The highest BCUT2D eigenvalue weighted by molar-refractivity contribution is 7.92. The van der Waals surface area contributed by atoms with Crippen molar-refractivity contribution >= 4 is 27.5 Å². The molecule has 0 spiro atoms. The lowest BCUT2D eigenvalue weighted by atomic mass is 10.0. The molecule has 0 saturated heterocycles. The maximum atomic E-state index is 14.1. The van der Waals surface area contributed by atoms with Gasteiger partial charge < -0.3 is 15.0 Å². The van der Waals surface area contributed by atoms with Crippen molar-refractivity contribution in [1.29, 1.82) is 0 Å². The van der Waals surface area contributed by atoms with Gasteiger partial charge in [-0.25, -0.2) is 8.42 Å². The highest BCUT2D eigenvalue weighted by Gasteiger charge is 2.33. The fourth-order valence-corrected chi connectivity index (χ4v) is 5.11. The summed E-state index contributed by atoms with van der Waals surface area (Å²) in [5.74, 6) is -0.315. The molecule has 3 aromatic carbocycles. The van der Waals surface area contributed by atoms with Crippen molar-refractivity contribution in [2.75, 3.05) is 24.2 Å². The van der Waals surface area contributed by atoms with Crippen molar-refractivity contribution in [1.82, 2.24) is 10.2 Å². The van der Waals surface area contributed by atoms with Crippen LogP contribution in [0.2, 0.25) is 0 Å². The standard InChI is InChI=1S/C31H39N3O5S/c1-6-24(3)32-31(36)29(19-25-11-8-7-9-12-25)33(21-26-17-15-23(2)16-18-26)30(35)22-34(40(5,37)38)27-13-10-14-28(20-27)39-4/h7-18,20,24,29H,6,19,21-22H2,1-5H3,(H,32,36). The fourth-order valence-electron chi connectivity index (χ4n) is 4.26. The number of hydrogen-bond donors (Lipinski definition) is 1. The number of methoxy groups -OCH3 is 1. The third-order valence-corrected chi connectivity index (χ3v) is 7.91. The molecule has 0 saturated carbocycles. The minimum atomic E-state index is -3.85. The topological polar surface area (TPSA) is 96.0 Å². The van der Waals surface area contributed by atoms with E-state index in [0.29, 0.717) is 11.4 Å². The van der Waals surface area contributed by atoms with E-state index in [1.54, 1.807) is 24.3 Å². The molecule has 214 valence electrons. The van der Waals surface area contributed by atoms with Crippen LogP contribution in [0.3, 0.4) is 0 Å². The van der Waals surface area contributed by atoms with E-state index >= 15 is 0 Å².